The Kier molecular flexibility index (Phi) is 4.23. The Balaban J connectivity index is 1.17. The van der Waals surface area contributed by atoms with Crippen LogP contribution in [-0.4, -0.2) is 56.3 Å². The quantitative estimate of drug-likeness (QED) is 0.682. The number of para-hydroxylation sites is 1. The summed E-state index contributed by atoms with van der Waals surface area (Å²) in [6.07, 6.45) is 4.17. The monoisotopic (exact) mass is 397 g/mol. The van der Waals surface area contributed by atoms with E-state index in [0.717, 1.165) is 29.2 Å². The lowest BCUT2D eigenvalue weighted by atomic mass is 9.89. The predicted molar refractivity (Wildman–Crippen MR) is 105 cm³/mol. The zero-order chi connectivity index (χ0) is 19.1. The van der Waals surface area contributed by atoms with Gasteiger partial charge in [-0.3, -0.25) is 4.98 Å². The summed E-state index contributed by atoms with van der Waals surface area (Å²) in [7, 11) is 0. The van der Waals surface area contributed by atoms with Crippen molar-refractivity contribution in [2.45, 2.75) is 30.9 Å². The van der Waals surface area contributed by atoms with Crippen LogP contribution in [0.1, 0.15) is 24.5 Å². The number of nitrogens with one attached hydrogen (secondary N) is 1. The molecule has 9 heteroatoms. The van der Waals surface area contributed by atoms with Gasteiger partial charge >= 0.3 is 6.09 Å². The van der Waals surface area contributed by atoms with E-state index in [1.54, 1.807) is 23.7 Å². The van der Waals surface area contributed by atoms with Gasteiger partial charge in [-0.25, -0.2) is 14.8 Å². The molecular formula is C19H19N5O3S. The standard InChI is InChI=1S/C19H19N5O3S/c25-19(26)24-9-11(10-24)16-17(21-6-5-20-16)27-13-7-12(8-13)22-18-23-14-3-1-2-4-15(14)28-18/h1-6,11-13H,7-10H2,(H,22,23)(H,25,26)/t12-,13-. The summed E-state index contributed by atoms with van der Waals surface area (Å²) in [4.78, 5) is 25.7. The Hall–Kier alpha value is -2.94. The molecule has 0 atom stereocenters. The molecule has 1 aliphatic heterocycles. The number of hydrogen-bond donors (Lipinski definition) is 2. The first-order chi connectivity index (χ1) is 13.7. The molecule has 5 rings (SSSR count). The van der Waals surface area contributed by atoms with E-state index in [9.17, 15) is 4.79 Å². The first-order valence-corrected chi connectivity index (χ1v) is 10.0. The number of ether oxygens (including phenoxy) is 1. The lowest BCUT2D eigenvalue weighted by Gasteiger charge is -2.38. The molecule has 2 aromatic heterocycles. The number of carboxylic acid groups (broad SMARTS) is 1. The third-order valence-electron chi connectivity index (χ3n) is 5.22. The normalized spacial score (nSPS) is 21.8. The van der Waals surface area contributed by atoms with Crippen LogP contribution in [0.3, 0.4) is 0 Å². The van der Waals surface area contributed by atoms with Gasteiger partial charge in [0.1, 0.15) is 11.8 Å². The highest BCUT2D eigenvalue weighted by molar-refractivity contribution is 7.22. The second-order valence-electron chi connectivity index (χ2n) is 7.17. The van der Waals surface area contributed by atoms with Gasteiger partial charge in [0.25, 0.3) is 0 Å². The molecule has 0 unspecified atom stereocenters. The molecule has 1 aromatic carbocycles. The summed E-state index contributed by atoms with van der Waals surface area (Å²) in [5.74, 6) is 0.581. The maximum Gasteiger partial charge on any atom is 0.407 e. The minimum absolute atomic E-state index is 0.0524. The van der Waals surface area contributed by atoms with Gasteiger partial charge in [0.05, 0.1) is 10.2 Å². The molecule has 0 bridgehead atoms. The van der Waals surface area contributed by atoms with Crippen molar-refractivity contribution < 1.29 is 14.6 Å². The molecule has 2 fully saturated rings. The third kappa shape index (κ3) is 3.22. The molecule has 0 spiro atoms. The third-order valence-corrected chi connectivity index (χ3v) is 6.19. The van der Waals surface area contributed by atoms with E-state index in [2.05, 4.69) is 26.3 Å². The Morgan fingerprint density at radius 2 is 2.00 bits per heavy atom. The zero-order valence-electron chi connectivity index (χ0n) is 15.0. The smallest absolute Gasteiger partial charge is 0.407 e. The van der Waals surface area contributed by atoms with Gasteiger partial charge < -0.3 is 20.1 Å². The van der Waals surface area contributed by atoms with Crippen molar-refractivity contribution in [3.63, 3.8) is 0 Å². The summed E-state index contributed by atoms with van der Waals surface area (Å²) in [6, 6.07) is 8.44. The van der Waals surface area contributed by atoms with Gasteiger partial charge in [0.2, 0.25) is 5.88 Å². The van der Waals surface area contributed by atoms with Gasteiger partial charge in [-0.05, 0) is 12.1 Å². The molecule has 1 saturated heterocycles. The Morgan fingerprint density at radius 1 is 1.21 bits per heavy atom. The molecule has 2 N–H and O–H groups in total. The number of aromatic nitrogens is 3. The van der Waals surface area contributed by atoms with E-state index < -0.39 is 6.09 Å². The Bertz CT molecular complexity index is 980. The van der Waals surface area contributed by atoms with Crippen LogP contribution < -0.4 is 10.1 Å². The maximum atomic E-state index is 11.0. The fourth-order valence-corrected chi connectivity index (χ4v) is 4.50. The second kappa shape index (κ2) is 6.90. The molecule has 1 amide bonds. The van der Waals surface area contributed by atoms with Crippen LogP contribution in [0.15, 0.2) is 36.7 Å². The molecule has 2 aliphatic rings. The number of benzene rings is 1. The highest BCUT2D eigenvalue weighted by atomic mass is 32.1. The van der Waals surface area contributed by atoms with Crippen molar-refractivity contribution >= 4 is 32.8 Å². The minimum Gasteiger partial charge on any atom is -0.473 e. The highest BCUT2D eigenvalue weighted by Crippen LogP contribution is 2.35. The number of rotatable bonds is 5. The van der Waals surface area contributed by atoms with Crippen LogP contribution in [0.2, 0.25) is 0 Å². The maximum absolute atomic E-state index is 11.0. The second-order valence-corrected chi connectivity index (χ2v) is 8.20. The van der Waals surface area contributed by atoms with Crippen LogP contribution in [0.25, 0.3) is 10.2 Å². The number of amides is 1. The molecular weight excluding hydrogens is 378 g/mol. The number of carbonyl (C=O) groups is 1. The van der Waals surface area contributed by atoms with Gasteiger partial charge in [-0.2, -0.15) is 0 Å². The van der Waals surface area contributed by atoms with Crippen LogP contribution in [0, 0.1) is 0 Å². The summed E-state index contributed by atoms with van der Waals surface area (Å²) < 4.78 is 7.24. The number of thiazole rings is 1. The lowest BCUT2D eigenvalue weighted by molar-refractivity contribution is 0.0884. The van der Waals surface area contributed by atoms with Crippen molar-refractivity contribution in [3.8, 4) is 5.88 Å². The molecule has 1 aliphatic carbocycles. The van der Waals surface area contributed by atoms with Gasteiger partial charge in [-0.1, -0.05) is 23.5 Å². The topological polar surface area (TPSA) is 100 Å². The van der Waals surface area contributed by atoms with Crippen molar-refractivity contribution in [3.05, 3.63) is 42.4 Å². The van der Waals surface area contributed by atoms with E-state index in [-0.39, 0.29) is 12.0 Å². The first-order valence-electron chi connectivity index (χ1n) is 9.23. The summed E-state index contributed by atoms with van der Waals surface area (Å²) in [5.41, 5.74) is 1.77. The average molecular weight is 397 g/mol. The van der Waals surface area contributed by atoms with Crippen molar-refractivity contribution in [1.82, 2.24) is 19.9 Å². The van der Waals surface area contributed by atoms with Gasteiger partial charge in [0, 0.05) is 50.3 Å². The van der Waals surface area contributed by atoms with Crippen LogP contribution >= 0.6 is 11.3 Å². The number of likely N-dealkylation sites (tertiary alicyclic amines) is 1. The average Bonchev–Trinajstić information content (AvgIpc) is 3.02. The number of anilines is 1. The minimum atomic E-state index is -0.898. The van der Waals surface area contributed by atoms with Crippen molar-refractivity contribution in [2.24, 2.45) is 0 Å². The number of fused-ring (bicyclic) bond motifs is 1. The van der Waals surface area contributed by atoms with Crippen LogP contribution in [0.4, 0.5) is 9.93 Å². The SMILES string of the molecule is O=C(O)N1CC(c2nccnc2O[C@H]2C[C@H](Nc3nc4ccccc4s3)C2)C1. The van der Waals surface area contributed by atoms with Crippen molar-refractivity contribution in [1.29, 1.82) is 0 Å². The van der Waals surface area contributed by atoms with Gasteiger partial charge in [-0.15, -0.1) is 0 Å². The van der Waals surface area contributed by atoms with E-state index in [1.807, 2.05) is 18.2 Å². The number of hydrogen-bond acceptors (Lipinski definition) is 7. The molecule has 1 saturated carbocycles. The molecule has 8 nitrogen and oxygen atoms in total. The summed E-state index contributed by atoms with van der Waals surface area (Å²) in [6.45, 7) is 0.883. The van der Waals surface area contributed by atoms with E-state index in [4.69, 9.17) is 9.84 Å². The number of nitrogens with zero attached hydrogens (tertiary/aromatic N) is 4. The summed E-state index contributed by atoms with van der Waals surface area (Å²) >= 11 is 1.66. The van der Waals surface area contributed by atoms with Gasteiger partial charge in [0.15, 0.2) is 5.13 Å². The molecule has 144 valence electrons. The predicted octanol–water partition coefficient (Wildman–Crippen LogP) is 3.19. The molecule has 3 aromatic rings. The summed E-state index contributed by atoms with van der Waals surface area (Å²) in [5, 5.41) is 13.4. The lowest BCUT2D eigenvalue weighted by Crippen LogP contribution is -2.48. The molecule has 0 radical (unpaired) electrons. The van der Waals surface area contributed by atoms with Crippen LogP contribution in [-0.2, 0) is 0 Å². The molecule has 3 heterocycles. The van der Waals surface area contributed by atoms with Crippen LogP contribution in [0.5, 0.6) is 5.88 Å². The fourth-order valence-electron chi connectivity index (χ4n) is 3.56. The largest absolute Gasteiger partial charge is 0.473 e. The zero-order valence-corrected chi connectivity index (χ0v) is 15.8. The Labute approximate surface area is 165 Å². The highest BCUT2D eigenvalue weighted by Gasteiger charge is 2.37. The van der Waals surface area contributed by atoms with Crippen molar-refractivity contribution in [2.75, 3.05) is 18.4 Å². The first kappa shape index (κ1) is 17.2. The fraction of sp³-hybridized carbons (Fsp3) is 0.368. The Morgan fingerprint density at radius 3 is 2.79 bits per heavy atom. The van der Waals surface area contributed by atoms with E-state index in [1.165, 1.54) is 9.60 Å². The van der Waals surface area contributed by atoms with E-state index >= 15 is 0 Å². The van der Waals surface area contributed by atoms with E-state index in [0.29, 0.717) is 25.0 Å². The molecule has 28 heavy (non-hydrogen) atoms.